The van der Waals surface area contributed by atoms with Gasteiger partial charge in [-0.15, -0.1) is 11.3 Å². The molecule has 0 aliphatic carbocycles. The van der Waals surface area contributed by atoms with Crippen LogP contribution in [0.3, 0.4) is 0 Å². The van der Waals surface area contributed by atoms with E-state index in [0.717, 1.165) is 54.0 Å². The Bertz CT molecular complexity index is 1020. The lowest BCUT2D eigenvalue weighted by atomic mass is 10.2. The van der Waals surface area contributed by atoms with Crippen molar-refractivity contribution in [3.63, 3.8) is 0 Å². The Morgan fingerprint density at radius 2 is 2.03 bits per heavy atom. The number of aromatic nitrogens is 1. The van der Waals surface area contributed by atoms with Gasteiger partial charge in [0.25, 0.3) is 5.91 Å². The fourth-order valence-corrected chi connectivity index (χ4v) is 6.18. The highest BCUT2D eigenvalue weighted by Gasteiger charge is 2.25. The fraction of sp³-hybridized carbons (Fsp3) is 0.368. The van der Waals surface area contributed by atoms with Gasteiger partial charge in [0.15, 0.2) is 5.13 Å². The second-order valence-corrected chi connectivity index (χ2v) is 10.8. The average molecular weight is 535 g/mol. The normalized spacial score (nSPS) is 15.1. The molecule has 0 bridgehead atoms. The third-order valence-electron chi connectivity index (χ3n) is 4.66. The van der Waals surface area contributed by atoms with E-state index in [9.17, 15) is 4.79 Å². The van der Waals surface area contributed by atoms with Crippen molar-refractivity contribution >= 4 is 83.1 Å². The molecule has 154 valence electrons. The lowest BCUT2D eigenvalue weighted by Gasteiger charge is -2.27. The molecule has 0 radical (unpaired) electrons. The predicted octanol–water partition coefficient (Wildman–Crippen LogP) is 5.80. The van der Waals surface area contributed by atoms with Crippen molar-refractivity contribution in [2.75, 3.05) is 44.3 Å². The van der Waals surface area contributed by atoms with E-state index in [2.05, 4.69) is 20.8 Å². The topological polar surface area (TPSA) is 45.7 Å². The van der Waals surface area contributed by atoms with Gasteiger partial charge in [0, 0.05) is 30.7 Å². The Labute approximate surface area is 195 Å². The molecular formula is C19H18BrCl2N3O2S2. The standard InChI is InChI=1S/C19H18BrCl2N3O2S2/c20-12-2-3-14-15(10-12)28-19(23-14)25(5-1-4-24-6-8-27-9-7-24)18(26)13-11-16(21)29-17(13)22/h2-3,10-11H,1,4-9H2. The SMILES string of the molecule is O=C(c1cc(Cl)sc1Cl)N(CCCN1CCOCC1)c1nc2ccc(Br)cc2s1. The number of ether oxygens (including phenoxy) is 1. The van der Waals surface area contributed by atoms with Crippen molar-refractivity contribution in [2.24, 2.45) is 0 Å². The number of rotatable bonds is 6. The minimum atomic E-state index is -0.168. The summed E-state index contributed by atoms with van der Waals surface area (Å²) in [6, 6.07) is 7.55. The van der Waals surface area contributed by atoms with Crippen LogP contribution in [0.25, 0.3) is 10.2 Å². The molecule has 10 heteroatoms. The molecule has 29 heavy (non-hydrogen) atoms. The number of benzene rings is 1. The van der Waals surface area contributed by atoms with E-state index < -0.39 is 0 Å². The monoisotopic (exact) mass is 533 g/mol. The number of carbonyl (C=O) groups excluding carboxylic acids is 1. The molecule has 5 nitrogen and oxygen atoms in total. The molecule has 1 amide bonds. The number of amides is 1. The van der Waals surface area contributed by atoms with Crippen LogP contribution >= 0.6 is 61.8 Å². The van der Waals surface area contributed by atoms with Crippen molar-refractivity contribution in [3.8, 4) is 0 Å². The number of thiophene rings is 1. The van der Waals surface area contributed by atoms with Gasteiger partial charge in [-0.25, -0.2) is 4.98 Å². The highest BCUT2D eigenvalue weighted by Crippen LogP contribution is 2.35. The Morgan fingerprint density at radius 3 is 2.76 bits per heavy atom. The Morgan fingerprint density at radius 1 is 1.24 bits per heavy atom. The van der Waals surface area contributed by atoms with E-state index in [1.807, 2.05) is 18.2 Å². The van der Waals surface area contributed by atoms with E-state index in [0.29, 0.717) is 25.9 Å². The van der Waals surface area contributed by atoms with Gasteiger partial charge in [-0.1, -0.05) is 50.5 Å². The average Bonchev–Trinajstić information content (AvgIpc) is 3.27. The van der Waals surface area contributed by atoms with Crippen molar-refractivity contribution < 1.29 is 9.53 Å². The van der Waals surface area contributed by atoms with Crippen LogP contribution in [0.1, 0.15) is 16.8 Å². The zero-order valence-electron chi connectivity index (χ0n) is 15.4. The third-order valence-corrected chi connectivity index (χ3v) is 7.68. The van der Waals surface area contributed by atoms with Crippen LogP contribution in [-0.4, -0.2) is 55.2 Å². The van der Waals surface area contributed by atoms with Crippen molar-refractivity contribution in [1.29, 1.82) is 0 Å². The number of thiazole rings is 1. The largest absolute Gasteiger partial charge is 0.379 e. The van der Waals surface area contributed by atoms with E-state index >= 15 is 0 Å². The van der Waals surface area contributed by atoms with Gasteiger partial charge in [0.05, 0.1) is 33.3 Å². The maximum atomic E-state index is 13.3. The number of nitrogens with zero attached hydrogens (tertiary/aromatic N) is 3. The van der Waals surface area contributed by atoms with Crippen molar-refractivity contribution in [1.82, 2.24) is 9.88 Å². The molecule has 1 aliphatic heterocycles. The molecule has 1 saturated heterocycles. The van der Waals surface area contributed by atoms with Crippen LogP contribution < -0.4 is 4.90 Å². The second kappa shape index (κ2) is 9.60. The van der Waals surface area contributed by atoms with Gasteiger partial charge >= 0.3 is 0 Å². The molecule has 1 aromatic carbocycles. The number of halogens is 3. The number of carbonyl (C=O) groups is 1. The molecule has 3 aromatic rings. The molecular weight excluding hydrogens is 517 g/mol. The molecule has 2 aromatic heterocycles. The fourth-order valence-electron chi connectivity index (χ4n) is 3.19. The quantitative estimate of drug-likeness (QED) is 0.401. The highest BCUT2D eigenvalue weighted by molar-refractivity contribution is 9.10. The van der Waals surface area contributed by atoms with Gasteiger partial charge in [-0.3, -0.25) is 14.6 Å². The maximum Gasteiger partial charge on any atom is 0.262 e. The summed E-state index contributed by atoms with van der Waals surface area (Å²) < 4.78 is 8.32. The molecule has 0 atom stereocenters. The molecule has 0 saturated carbocycles. The summed E-state index contributed by atoms with van der Waals surface area (Å²) in [5.41, 5.74) is 1.29. The zero-order chi connectivity index (χ0) is 20.4. The van der Waals surface area contributed by atoms with Crippen LogP contribution in [0.4, 0.5) is 5.13 Å². The lowest BCUT2D eigenvalue weighted by Crippen LogP contribution is -2.39. The number of hydrogen-bond donors (Lipinski definition) is 0. The van der Waals surface area contributed by atoms with Crippen LogP contribution in [0.2, 0.25) is 8.67 Å². The first-order chi connectivity index (χ1) is 14.0. The van der Waals surface area contributed by atoms with Crippen LogP contribution in [-0.2, 0) is 4.74 Å². The minimum Gasteiger partial charge on any atom is -0.379 e. The first-order valence-electron chi connectivity index (χ1n) is 9.14. The highest BCUT2D eigenvalue weighted by atomic mass is 79.9. The first-order valence-corrected chi connectivity index (χ1v) is 12.3. The smallest absolute Gasteiger partial charge is 0.262 e. The molecule has 0 N–H and O–H groups in total. The summed E-state index contributed by atoms with van der Waals surface area (Å²) in [5.74, 6) is -0.168. The lowest BCUT2D eigenvalue weighted by molar-refractivity contribution is 0.0376. The van der Waals surface area contributed by atoms with Gasteiger partial charge in [0.2, 0.25) is 0 Å². The number of anilines is 1. The van der Waals surface area contributed by atoms with Crippen molar-refractivity contribution in [2.45, 2.75) is 6.42 Å². The van der Waals surface area contributed by atoms with Gasteiger partial charge in [-0.05, 0) is 30.7 Å². The van der Waals surface area contributed by atoms with E-state index in [-0.39, 0.29) is 5.91 Å². The van der Waals surface area contributed by atoms with E-state index in [1.165, 1.54) is 22.7 Å². The second-order valence-electron chi connectivity index (χ2n) is 6.61. The maximum absolute atomic E-state index is 13.3. The minimum absolute atomic E-state index is 0.168. The Balaban J connectivity index is 1.58. The third kappa shape index (κ3) is 5.12. The van der Waals surface area contributed by atoms with Crippen LogP contribution in [0.5, 0.6) is 0 Å². The molecule has 4 rings (SSSR count). The molecule has 0 unspecified atom stereocenters. The van der Waals surface area contributed by atoms with Gasteiger partial charge in [0.1, 0.15) is 4.34 Å². The van der Waals surface area contributed by atoms with Crippen LogP contribution in [0.15, 0.2) is 28.7 Å². The molecule has 0 spiro atoms. The summed E-state index contributed by atoms with van der Waals surface area (Å²) in [6.07, 6.45) is 0.834. The summed E-state index contributed by atoms with van der Waals surface area (Å²) >= 11 is 18.5. The summed E-state index contributed by atoms with van der Waals surface area (Å²) in [5, 5.41) is 0.670. The van der Waals surface area contributed by atoms with E-state index in [4.69, 9.17) is 32.9 Å². The Kier molecular flexibility index (Phi) is 7.11. The predicted molar refractivity (Wildman–Crippen MR) is 125 cm³/mol. The number of fused-ring (bicyclic) bond motifs is 1. The first kappa shape index (κ1) is 21.5. The van der Waals surface area contributed by atoms with Gasteiger partial charge < -0.3 is 4.74 Å². The Hall–Kier alpha value is -0.740. The summed E-state index contributed by atoms with van der Waals surface area (Å²) in [4.78, 5) is 22.1. The van der Waals surface area contributed by atoms with Crippen LogP contribution in [0, 0.1) is 0 Å². The molecule has 3 heterocycles. The zero-order valence-corrected chi connectivity index (χ0v) is 20.1. The summed E-state index contributed by atoms with van der Waals surface area (Å²) in [7, 11) is 0. The molecule has 1 aliphatic rings. The number of morpholine rings is 1. The van der Waals surface area contributed by atoms with Gasteiger partial charge in [-0.2, -0.15) is 0 Å². The summed E-state index contributed by atoms with van der Waals surface area (Å²) in [6.45, 7) is 4.84. The van der Waals surface area contributed by atoms with Crippen molar-refractivity contribution in [3.05, 3.63) is 43.0 Å². The molecule has 1 fully saturated rings. The van der Waals surface area contributed by atoms with E-state index in [1.54, 1.807) is 11.0 Å². The number of hydrogen-bond acceptors (Lipinski definition) is 6.